The number of aromatic nitrogens is 3. The standard InChI is InChI=1S/C14H12N4O2S/c15-10-5-3-9(4-6-10)13-12(14(19)20)16-17-18(13)8-11-2-1-7-21-11/h1-7H,8,15H2,(H,19,20). The van der Waals surface area contributed by atoms with E-state index in [0.717, 1.165) is 10.4 Å². The van der Waals surface area contributed by atoms with Crippen LogP contribution in [0.1, 0.15) is 15.4 Å². The third kappa shape index (κ3) is 2.63. The first-order chi connectivity index (χ1) is 10.1. The minimum Gasteiger partial charge on any atom is -0.476 e. The lowest BCUT2D eigenvalue weighted by molar-refractivity contribution is 0.0691. The number of rotatable bonds is 4. The number of hydrogen-bond acceptors (Lipinski definition) is 5. The van der Waals surface area contributed by atoms with E-state index in [9.17, 15) is 9.90 Å². The van der Waals surface area contributed by atoms with E-state index in [2.05, 4.69) is 10.3 Å². The third-order valence-electron chi connectivity index (χ3n) is 3.01. The molecule has 21 heavy (non-hydrogen) atoms. The topological polar surface area (TPSA) is 94.0 Å². The monoisotopic (exact) mass is 300 g/mol. The Kier molecular flexibility index (Phi) is 3.41. The van der Waals surface area contributed by atoms with Gasteiger partial charge in [-0.3, -0.25) is 0 Å². The minimum absolute atomic E-state index is 0.0590. The first kappa shape index (κ1) is 13.3. The molecule has 0 bridgehead atoms. The zero-order valence-corrected chi connectivity index (χ0v) is 11.7. The number of anilines is 1. The molecule has 0 saturated carbocycles. The van der Waals surface area contributed by atoms with E-state index in [1.807, 2.05) is 17.5 Å². The molecule has 3 rings (SSSR count). The molecule has 7 heteroatoms. The average molecular weight is 300 g/mol. The van der Waals surface area contributed by atoms with Crippen LogP contribution in [0, 0.1) is 0 Å². The molecule has 3 N–H and O–H groups in total. The van der Waals surface area contributed by atoms with Gasteiger partial charge in [0.2, 0.25) is 0 Å². The number of nitrogens with two attached hydrogens (primary N) is 1. The average Bonchev–Trinajstić information content (AvgIpc) is 3.10. The zero-order valence-electron chi connectivity index (χ0n) is 10.9. The second-order valence-corrected chi connectivity index (χ2v) is 5.48. The maximum Gasteiger partial charge on any atom is 0.358 e. The SMILES string of the molecule is Nc1ccc(-c2c(C(=O)O)nnn2Cc2cccs2)cc1. The number of nitrogen functional groups attached to an aromatic ring is 1. The van der Waals surface area contributed by atoms with Crippen LogP contribution in [0.3, 0.4) is 0 Å². The van der Waals surface area contributed by atoms with E-state index in [0.29, 0.717) is 17.9 Å². The molecule has 0 spiro atoms. The Morgan fingerprint density at radius 3 is 2.67 bits per heavy atom. The van der Waals surface area contributed by atoms with Crippen LogP contribution in [0.2, 0.25) is 0 Å². The molecule has 0 unspecified atom stereocenters. The Morgan fingerprint density at radius 2 is 2.05 bits per heavy atom. The number of carboxylic acid groups (broad SMARTS) is 1. The molecule has 2 aromatic heterocycles. The van der Waals surface area contributed by atoms with E-state index >= 15 is 0 Å². The van der Waals surface area contributed by atoms with Crippen molar-refractivity contribution in [2.75, 3.05) is 5.73 Å². The van der Waals surface area contributed by atoms with Gasteiger partial charge in [0.15, 0.2) is 5.69 Å². The molecule has 0 aliphatic heterocycles. The lowest BCUT2D eigenvalue weighted by Crippen LogP contribution is -2.05. The lowest BCUT2D eigenvalue weighted by atomic mass is 10.1. The summed E-state index contributed by atoms with van der Waals surface area (Å²) < 4.78 is 1.60. The van der Waals surface area contributed by atoms with Gasteiger partial charge in [-0.25, -0.2) is 9.48 Å². The van der Waals surface area contributed by atoms with Crippen molar-refractivity contribution in [1.82, 2.24) is 15.0 Å². The van der Waals surface area contributed by atoms with Crippen molar-refractivity contribution in [3.8, 4) is 11.3 Å². The first-order valence-corrected chi connectivity index (χ1v) is 7.08. The van der Waals surface area contributed by atoms with Crippen molar-refractivity contribution in [2.24, 2.45) is 0 Å². The van der Waals surface area contributed by atoms with Gasteiger partial charge in [-0.05, 0) is 23.6 Å². The van der Waals surface area contributed by atoms with Crippen LogP contribution in [-0.2, 0) is 6.54 Å². The van der Waals surface area contributed by atoms with Gasteiger partial charge >= 0.3 is 5.97 Å². The molecule has 0 amide bonds. The van der Waals surface area contributed by atoms with Crippen LogP contribution >= 0.6 is 11.3 Å². The molecule has 0 radical (unpaired) electrons. The maximum atomic E-state index is 11.3. The van der Waals surface area contributed by atoms with Crippen LogP contribution in [0.4, 0.5) is 5.69 Å². The van der Waals surface area contributed by atoms with Gasteiger partial charge in [-0.2, -0.15) is 0 Å². The Hall–Kier alpha value is -2.67. The molecule has 0 aliphatic carbocycles. The van der Waals surface area contributed by atoms with Crippen molar-refractivity contribution in [2.45, 2.75) is 6.54 Å². The molecular formula is C14H12N4O2S. The van der Waals surface area contributed by atoms with Crippen LogP contribution in [0.25, 0.3) is 11.3 Å². The molecule has 1 aromatic carbocycles. The quantitative estimate of drug-likeness (QED) is 0.721. The van der Waals surface area contributed by atoms with E-state index in [-0.39, 0.29) is 5.69 Å². The lowest BCUT2D eigenvalue weighted by Gasteiger charge is -2.06. The smallest absolute Gasteiger partial charge is 0.358 e. The number of benzene rings is 1. The molecular weight excluding hydrogens is 288 g/mol. The van der Waals surface area contributed by atoms with E-state index in [4.69, 9.17) is 5.73 Å². The fourth-order valence-electron chi connectivity index (χ4n) is 2.04. The van der Waals surface area contributed by atoms with Gasteiger partial charge in [0, 0.05) is 16.1 Å². The summed E-state index contributed by atoms with van der Waals surface area (Å²) in [5.41, 5.74) is 7.44. The second kappa shape index (κ2) is 5.37. The number of carbonyl (C=O) groups is 1. The summed E-state index contributed by atoms with van der Waals surface area (Å²) in [6.45, 7) is 0.484. The summed E-state index contributed by atoms with van der Waals surface area (Å²) in [7, 11) is 0. The highest BCUT2D eigenvalue weighted by molar-refractivity contribution is 7.09. The van der Waals surface area contributed by atoms with E-state index in [1.165, 1.54) is 0 Å². The Morgan fingerprint density at radius 1 is 1.29 bits per heavy atom. The van der Waals surface area contributed by atoms with Crippen LogP contribution < -0.4 is 5.73 Å². The molecule has 3 aromatic rings. The van der Waals surface area contributed by atoms with Crippen molar-refractivity contribution >= 4 is 23.0 Å². The largest absolute Gasteiger partial charge is 0.476 e. The van der Waals surface area contributed by atoms with Crippen molar-refractivity contribution in [3.63, 3.8) is 0 Å². The van der Waals surface area contributed by atoms with Gasteiger partial charge in [0.1, 0.15) is 5.69 Å². The molecule has 0 fully saturated rings. The zero-order chi connectivity index (χ0) is 14.8. The maximum absolute atomic E-state index is 11.3. The highest BCUT2D eigenvalue weighted by Crippen LogP contribution is 2.25. The van der Waals surface area contributed by atoms with Crippen LogP contribution in [-0.4, -0.2) is 26.1 Å². The molecule has 2 heterocycles. The highest BCUT2D eigenvalue weighted by Gasteiger charge is 2.20. The Balaban J connectivity index is 2.08. The fourth-order valence-corrected chi connectivity index (χ4v) is 2.73. The first-order valence-electron chi connectivity index (χ1n) is 6.20. The number of thiophene rings is 1. The number of hydrogen-bond donors (Lipinski definition) is 2. The summed E-state index contributed by atoms with van der Waals surface area (Å²) in [4.78, 5) is 12.4. The van der Waals surface area contributed by atoms with Gasteiger partial charge in [0.05, 0.1) is 6.54 Å². The summed E-state index contributed by atoms with van der Waals surface area (Å²) in [6, 6.07) is 10.9. The molecule has 0 saturated heterocycles. The Labute approximate surface area is 124 Å². The summed E-state index contributed by atoms with van der Waals surface area (Å²) in [5.74, 6) is -1.10. The van der Waals surface area contributed by atoms with Crippen molar-refractivity contribution < 1.29 is 9.90 Å². The highest BCUT2D eigenvalue weighted by atomic mass is 32.1. The van der Waals surface area contributed by atoms with Gasteiger partial charge < -0.3 is 10.8 Å². The Bertz CT molecular complexity index is 763. The van der Waals surface area contributed by atoms with Crippen LogP contribution in [0.15, 0.2) is 41.8 Å². The summed E-state index contributed by atoms with van der Waals surface area (Å²) in [6.07, 6.45) is 0. The van der Waals surface area contributed by atoms with E-state index in [1.54, 1.807) is 40.3 Å². The number of aromatic carboxylic acids is 1. The van der Waals surface area contributed by atoms with Crippen molar-refractivity contribution in [1.29, 1.82) is 0 Å². The molecule has 6 nitrogen and oxygen atoms in total. The normalized spacial score (nSPS) is 10.7. The summed E-state index contributed by atoms with van der Waals surface area (Å²) >= 11 is 1.59. The molecule has 0 atom stereocenters. The summed E-state index contributed by atoms with van der Waals surface area (Å²) in [5, 5.41) is 19.0. The minimum atomic E-state index is -1.10. The van der Waals surface area contributed by atoms with E-state index < -0.39 is 5.97 Å². The molecule has 106 valence electrons. The van der Waals surface area contributed by atoms with Crippen molar-refractivity contribution in [3.05, 3.63) is 52.3 Å². The third-order valence-corrected chi connectivity index (χ3v) is 3.87. The molecule has 0 aliphatic rings. The van der Waals surface area contributed by atoms with Gasteiger partial charge in [-0.15, -0.1) is 16.4 Å². The predicted molar refractivity (Wildman–Crippen MR) is 80.3 cm³/mol. The van der Waals surface area contributed by atoms with Crippen LogP contribution in [0.5, 0.6) is 0 Å². The second-order valence-electron chi connectivity index (χ2n) is 4.45. The number of nitrogens with zero attached hydrogens (tertiary/aromatic N) is 3. The van der Waals surface area contributed by atoms with Gasteiger partial charge in [0.25, 0.3) is 0 Å². The predicted octanol–water partition coefficient (Wildman–Crippen LogP) is 2.34. The van der Waals surface area contributed by atoms with Gasteiger partial charge in [-0.1, -0.05) is 23.4 Å². The number of carboxylic acids is 1. The fraction of sp³-hybridized carbons (Fsp3) is 0.0714.